The van der Waals surface area contributed by atoms with Gasteiger partial charge in [-0.15, -0.1) is 0 Å². The summed E-state index contributed by atoms with van der Waals surface area (Å²) in [7, 11) is 1.56. The second kappa shape index (κ2) is 8.19. The Labute approximate surface area is 159 Å². The average Bonchev–Trinajstić information content (AvgIpc) is 2.69. The van der Waals surface area contributed by atoms with Crippen molar-refractivity contribution >= 4 is 17.4 Å². The molecule has 0 unspecified atom stereocenters. The van der Waals surface area contributed by atoms with E-state index in [1.54, 1.807) is 25.4 Å². The van der Waals surface area contributed by atoms with Crippen LogP contribution in [-0.2, 0) is 5.41 Å². The molecule has 1 fully saturated rings. The molecule has 2 aromatic rings. The monoisotopic (exact) mass is 372 g/mol. The molecule has 138 valence electrons. The summed E-state index contributed by atoms with van der Waals surface area (Å²) >= 11 is 6.17. The lowest BCUT2D eigenvalue weighted by molar-refractivity contribution is 0.0937. The number of halogens is 1. The highest BCUT2D eigenvalue weighted by Gasteiger charge is 2.36. The Balaban J connectivity index is 1.65. The van der Waals surface area contributed by atoms with Crippen molar-refractivity contribution in [3.63, 3.8) is 0 Å². The number of ketones is 1. The van der Waals surface area contributed by atoms with E-state index in [1.165, 1.54) is 5.56 Å². The summed E-state index contributed by atoms with van der Waals surface area (Å²) in [4.78, 5) is 16.7. The zero-order chi connectivity index (χ0) is 18.6. The summed E-state index contributed by atoms with van der Waals surface area (Å²) in [6.07, 6.45) is 6.15. The minimum atomic E-state index is -0.0235. The van der Waals surface area contributed by atoms with Gasteiger partial charge >= 0.3 is 0 Å². The lowest BCUT2D eigenvalue weighted by Gasteiger charge is -2.40. The number of nitrogens with zero attached hydrogens (tertiary/aromatic N) is 1. The second-order valence-corrected chi connectivity index (χ2v) is 7.59. The molecule has 1 saturated carbocycles. The van der Waals surface area contributed by atoms with Gasteiger partial charge in [-0.1, -0.05) is 23.7 Å². The largest absolute Gasteiger partial charge is 0.481 e. The number of aromatic nitrogens is 1. The van der Waals surface area contributed by atoms with Crippen LogP contribution in [0.3, 0.4) is 0 Å². The first kappa shape index (κ1) is 18.9. The van der Waals surface area contributed by atoms with Crippen LogP contribution in [0.15, 0.2) is 42.6 Å². The molecule has 26 heavy (non-hydrogen) atoms. The van der Waals surface area contributed by atoms with E-state index in [1.807, 2.05) is 18.2 Å². The number of Topliss-reactive ketones (excluding diaryl/α,β-unsaturated/α-hetero) is 1. The van der Waals surface area contributed by atoms with E-state index in [0.29, 0.717) is 30.3 Å². The smallest absolute Gasteiger partial charge is 0.213 e. The van der Waals surface area contributed by atoms with Crippen molar-refractivity contribution < 1.29 is 9.53 Å². The van der Waals surface area contributed by atoms with Crippen LogP contribution in [0.5, 0.6) is 5.88 Å². The van der Waals surface area contributed by atoms with Crippen molar-refractivity contribution in [2.75, 3.05) is 13.7 Å². The summed E-state index contributed by atoms with van der Waals surface area (Å²) in [5.41, 5.74) is 8.02. The number of methoxy groups -OCH3 is 1. The number of carbonyl (C=O) groups excluding carboxylic acids is 1. The minimum absolute atomic E-state index is 0.0235. The molecule has 1 heterocycles. The molecule has 1 aliphatic carbocycles. The van der Waals surface area contributed by atoms with Crippen molar-refractivity contribution in [1.29, 1.82) is 0 Å². The van der Waals surface area contributed by atoms with Gasteiger partial charge in [0.25, 0.3) is 0 Å². The first-order valence-electron chi connectivity index (χ1n) is 9.06. The van der Waals surface area contributed by atoms with Crippen molar-refractivity contribution in [2.24, 2.45) is 11.7 Å². The quantitative estimate of drug-likeness (QED) is 0.763. The number of rotatable bonds is 6. The maximum absolute atomic E-state index is 12.6. The van der Waals surface area contributed by atoms with Gasteiger partial charge < -0.3 is 10.5 Å². The fourth-order valence-electron chi connectivity index (χ4n) is 3.94. The lowest BCUT2D eigenvalue weighted by Crippen LogP contribution is -2.39. The molecule has 1 aromatic heterocycles. The van der Waals surface area contributed by atoms with Crippen LogP contribution in [0.4, 0.5) is 0 Å². The molecule has 0 aliphatic heterocycles. The third kappa shape index (κ3) is 4.08. The molecule has 0 bridgehead atoms. The Morgan fingerprint density at radius 3 is 2.73 bits per heavy atom. The Kier molecular flexibility index (Phi) is 5.94. The van der Waals surface area contributed by atoms with Gasteiger partial charge in [-0.05, 0) is 55.4 Å². The normalized spacial score (nSPS) is 22.8. The van der Waals surface area contributed by atoms with Crippen LogP contribution >= 0.6 is 11.6 Å². The molecule has 1 aliphatic rings. The number of carbonyl (C=O) groups is 1. The van der Waals surface area contributed by atoms with E-state index in [9.17, 15) is 4.79 Å². The van der Waals surface area contributed by atoms with E-state index in [0.717, 1.165) is 30.7 Å². The number of nitrogens with two attached hydrogens (primary N) is 1. The molecule has 0 saturated heterocycles. The average molecular weight is 373 g/mol. The van der Waals surface area contributed by atoms with Gasteiger partial charge in [0.15, 0.2) is 5.78 Å². The van der Waals surface area contributed by atoms with Crippen LogP contribution in [0.2, 0.25) is 5.02 Å². The molecule has 0 atom stereocenters. The van der Waals surface area contributed by atoms with Gasteiger partial charge in [-0.25, -0.2) is 4.98 Å². The van der Waals surface area contributed by atoms with Crippen molar-refractivity contribution in [3.8, 4) is 5.88 Å². The van der Waals surface area contributed by atoms with Gasteiger partial charge in [0.2, 0.25) is 5.88 Å². The zero-order valence-electron chi connectivity index (χ0n) is 15.1. The summed E-state index contributed by atoms with van der Waals surface area (Å²) < 4.78 is 5.11. The molecule has 3 rings (SSSR count). The fourth-order valence-corrected chi connectivity index (χ4v) is 4.13. The number of pyridine rings is 1. The third-order valence-corrected chi connectivity index (χ3v) is 5.87. The van der Waals surface area contributed by atoms with E-state index < -0.39 is 0 Å². The molecule has 0 radical (unpaired) electrons. The molecular formula is C21H25ClN2O2. The van der Waals surface area contributed by atoms with E-state index in [2.05, 4.69) is 11.1 Å². The van der Waals surface area contributed by atoms with Gasteiger partial charge in [0, 0.05) is 41.2 Å². The standard InChI is InChI=1S/C21H25ClN2O2/c1-26-20-12-16(7-10-24-20)19(25)11-15-5-8-21(14-23,9-6-15)17-3-2-4-18(22)13-17/h2-4,7,10,12-13,15H,5-6,8-9,11,14,23H2,1H3. The second-order valence-electron chi connectivity index (χ2n) is 7.15. The minimum Gasteiger partial charge on any atom is -0.481 e. The predicted molar refractivity (Wildman–Crippen MR) is 104 cm³/mol. The number of hydrogen-bond acceptors (Lipinski definition) is 4. The van der Waals surface area contributed by atoms with Crippen LogP contribution in [-0.4, -0.2) is 24.4 Å². The van der Waals surface area contributed by atoms with Crippen LogP contribution < -0.4 is 10.5 Å². The van der Waals surface area contributed by atoms with E-state index in [4.69, 9.17) is 22.1 Å². The van der Waals surface area contributed by atoms with Crippen molar-refractivity contribution in [1.82, 2.24) is 4.98 Å². The summed E-state index contributed by atoms with van der Waals surface area (Å²) in [6, 6.07) is 11.5. The Morgan fingerprint density at radius 2 is 2.08 bits per heavy atom. The molecule has 4 nitrogen and oxygen atoms in total. The molecule has 0 spiro atoms. The Bertz CT molecular complexity index is 770. The zero-order valence-corrected chi connectivity index (χ0v) is 15.8. The SMILES string of the molecule is COc1cc(C(=O)CC2CCC(CN)(c3cccc(Cl)c3)CC2)ccn1. The van der Waals surface area contributed by atoms with Gasteiger partial charge in [-0.3, -0.25) is 4.79 Å². The van der Waals surface area contributed by atoms with Crippen LogP contribution in [0.1, 0.15) is 48.0 Å². The van der Waals surface area contributed by atoms with Gasteiger partial charge in [0.1, 0.15) is 0 Å². The third-order valence-electron chi connectivity index (χ3n) is 5.63. The van der Waals surface area contributed by atoms with E-state index in [-0.39, 0.29) is 11.2 Å². The van der Waals surface area contributed by atoms with Crippen molar-refractivity contribution in [2.45, 2.75) is 37.5 Å². The maximum Gasteiger partial charge on any atom is 0.213 e. The topological polar surface area (TPSA) is 65.2 Å². The highest BCUT2D eigenvalue weighted by Crippen LogP contribution is 2.42. The number of hydrogen-bond donors (Lipinski definition) is 1. The fraction of sp³-hybridized carbons (Fsp3) is 0.429. The first-order valence-corrected chi connectivity index (χ1v) is 9.43. The summed E-state index contributed by atoms with van der Waals surface area (Å²) in [5, 5.41) is 0.749. The number of benzene rings is 1. The Morgan fingerprint density at radius 1 is 1.31 bits per heavy atom. The van der Waals surface area contributed by atoms with Crippen LogP contribution in [0.25, 0.3) is 0 Å². The molecule has 1 aromatic carbocycles. The highest BCUT2D eigenvalue weighted by molar-refractivity contribution is 6.30. The predicted octanol–water partition coefficient (Wildman–Crippen LogP) is 4.40. The van der Waals surface area contributed by atoms with E-state index >= 15 is 0 Å². The van der Waals surface area contributed by atoms with Crippen molar-refractivity contribution in [3.05, 3.63) is 58.7 Å². The molecule has 0 amide bonds. The van der Waals surface area contributed by atoms with Crippen LogP contribution in [0, 0.1) is 5.92 Å². The maximum atomic E-state index is 12.6. The summed E-state index contributed by atoms with van der Waals surface area (Å²) in [6.45, 7) is 0.607. The van der Waals surface area contributed by atoms with Gasteiger partial charge in [-0.2, -0.15) is 0 Å². The number of ether oxygens (including phenoxy) is 1. The molecule has 5 heteroatoms. The lowest BCUT2D eigenvalue weighted by atomic mass is 9.66. The highest BCUT2D eigenvalue weighted by atomic mass is 35.5. The Hall–Kier alpha value is -1.91. The first-order chi connectivity index (χ1) is 12.6. The summed E-state index contributed by atoms with van der Waals surface area (Å²) in [5.74, 6) is 1.02. The van der Waals surface area contributed by atoms with Gasteiger partial charge in [0.05, 0.1) is 7.11 Å². The molecular weight excluding hydrogens is 348 g/mol. The molecule has 2 N–H and O–H groups in total.